The van der Waals surface area contributed by atoms with Crippen LogP contribution in [0.1, 0.15) is 10.4 Å². The van der Waals surface area contributed by atoms with Gasteiger partial charge < -0.3 is 16.0 Å². The number of benzene rings is 2. The van der Waals surface area contributed by atoms with Crippen molar-refractivity contribution in [1.82, 2.24) is 0 Å². The van der Waals surface area contributed by atoms with Gasteiger partial charge in [-0.3, -0.25) is 9.79 Å². The fourth-order valence-corrected chi connectivity index (χ4v) is 3.48. The molecule has 2 aromatic carbocycles. The Morgan fingerprint density at radius 1 is 1.08 bits per heavy atom. The second kappa shape index (κ2) is 6.41. The number of carbonyl (C=O) groups is 1. The lowest BCUT2D eigenvalue weighted by atomic mass is 10.2. The maximum absolute atomic E-state index is 12.2. The maximum Gasteiger partial charge on any atom is 0.255 e. The summed E-state index contributed by atoms with van der Waals surface area (Å²) in [7, 11) is 0. The molecule has 0 radical (unpaired) electrons. The summed E-state index contributed by atoms with van der Waals surface area (Å²) >= 11 is 1.59. The SMILES string of the molecule is NC1=c2ccsc2=NCN1c1ccc(NC(=O)c2ccccc2)cc1. The first kappa shape index (κ1) is 15.4. The minimum atomic E-state index is -0.129. The Morgan fingerprint density at radius 2 is 1.84 bits per heavy atom. The average molecular weight is 348 g/mol. The van der Waals surface area contributed by atoms with Gasteiger partial charge in [0.25, 0.3) is 5.91 Å². The first-order valence-electron chi connectivity index (χ1n) is 7.84. The normalized spacial score (nSPS) is 13.1. The number of carbonyl (C=O) groups excluding carboxylic acids is 1. The van der Waals surface area contributed by atoms with Crippen LogP contribution in [0, 0.1) is 0 Å². The lowest BCUT2D eigenvalue weighted by Crippen LogP contribution is -2.41. The second-order valence-electron chi connectivity index (χ2n) is 5.62. The average Bonchev–Trinajstić information content (AvgIpc) is 3.13. The first-order valence-corrected chi connectivity index (χ1v) is 8.72. The molecule has 124 valence electrons. The molecule has 0 aliphatic carbocycles. The van der Waals surface area contributed by atoms with E-state index in [1.807, 2.05) is 58.8 Å². The van der Waals surface area contributed by atoms with Crippen molar-refractivity contribution in [2.75, 3.05) is 16.9 Å². The summed E-state index contributed by atoms with van der Waals surface area (Å²) in [4.78, 5) is 18.7. The molecule has 6 heteroatoms. The standard InChI is InChI=1S/C19H16N4OS/c20-17-16-10-11-25-19(16)21-12-23(17)15-8-6-14(7-9-15)22-18(24)13-4-2-1-3-5-13/h1-11H,12,20H2,(H,22,24). The Kier molecular flexibility index (Phi) is 3.95. The van der Waals surface area contributed by atoms with Gasteiger partial charge >= 0.3 is 0 Å². The molecule has 3 N–H and O–H groups in total. The third-order valence-corrected chi connectivity index (χ3v) is 4.88. The molecule has 0 saturated heterocycles. The van der Waals surface area contributed by atoms with E-state index < -0.39 is 0 Å². The Balaban J connectivity index is 1.54. The number of thiophene rings is 1. The molecule has 1 aliphatic rings. The molecule has 25 heavy (non-hydrogen) atoms. The number of amides is 1. The van der Waals surface area contributed by atoms with Crippen LogP contribution >= 0.6 is 11.3 Å². The van der Waals surface area contributed by atoms with Crippen LogP contribution < -0.4 is 25.8 Å². The number of nitrogens with zero attached hydrogens (tertiary/aromatic N) is 2. The van der Waals surface area contributed by atoms with E-state index in [0.29, 0.717) is 18.1 Å². The number of rotatable bonds is 3. The monoisotopic (exact) mass is 348 g/mol. The quantitative estimate of drug-likeness (QED) is 0.762. The first-order chi connectivity index (χ1) is 12.2. The van der Waals surface area contributed by atoms with E-state index in [2.05, 4.69) is 10.3 Å². The molecule has 0 atom stereocenters. The van der Waals surface area contributed by atoms with Gasteiger partial charge in [-0.15, -0.1) is 11.3 Å². The highest BCUT2D eigenvalue weighted by atomic mass is 32.1. The zero-order valence-corrected chi connectivity index (χ0v) is 14.2. The van der Waals surface area contributed by atoms with Crippen LogP contribution in [-0.4, -0.2) is 12.6 Å². The van der Waals surface area contributed by atoms with Gasteiger partial charge in [0.1, 0.15) is 17.2 Å². The summed E-state index contributed by atoms with van der Waals surface area (Å²) < 4.78 is 0.973. The summed E-state index contributed by atoms with van der Waals surface area (Å²) in [6.45, 7) is 0.495. The molecule has 3 aromatic rings. The van der Waals surface area contributed by atoms with Crippen LogP contribution in [0.5, 0.6) is 0 Å². The molecule has 0 unspecified atom stereocenters. The van der Waals surface area contributed by atoms with E-state index in [9.17, 15) is 4.79 Å². The van der Waals surface area contributed by atoms with Crippen molar-refractivity contribution in [2.24, 2.45) is 10.7 Å². The van der Waals surface area contributed by atoms with Crippen molar-refractivity contribution < 1.29 is 4.79 Å². The number of nitrogens with two attached hydrogens (primary N) is 1. The Bertz CT molecular complexity index is 1030. The van der Waals surface area contributed by atoms with Crippen LogP contribution in [-0.2, 0) is 0 Å². The topological polar surface area (TPSA) is 70.7 Å². The maximum atomic E-state index is 12.2. The van der Waals surface area contributed by atoms with E-state index in [1.165, 1.54) is 0 Å². The Labute approximate surface area is 148 Å². The van der Waals surface area contributed by atoms with Gasteiger partial charge in [0.15, 0.2) is 0 Å². The molecule has 4 rings (SSSR count). The van der Waals surface area contributed by atoms with E-state index >= 15 is 0 Å². The number of anilines is 2. The number of nitrogens with one attached hydrogen (secondary N) is 1. The van der Waals surface area contributed by atoms with Crippen molar-refractivity contribution >= 4 is 34.4 Å². The van der Waals surface area contributed by atoms with Crippen molar-refractivity contribution in [3.05, 3.63) is 81.5 Å². The van der Waals surface area contributed by atoms with Gasteiger partial charge in [0, 0.05) is 16.9 Å². The smallest absolute Gasteiger partial charge is 0.255 e. The molecule has 1 amide bonds. The van der Waals surface area contributed by atoms with Crippen molar-refractivity contribution in [1.29, 1.82) is 0 Å². The molecule has 0 fully saturated rings. The van der Waals surface area contributed by atoms with Crippen LogP contribution in [0.15, 0.2) is 71.0 Å². The van der Waals surface area contributed by atoms with Crippen LogP contribution in [0.2, 0.25) is 0 Å². The highest BCUT2D eigenvalue weighted by Crippen LogP contribution is 2.21. The summed E-state index contributed by atoms with van der Waals surface area (Å²) in [6, 6.07) is 18.7. The zero-order valence-electron chi connectivity index (χ0n) is 13.3. The minimum Gasteiger partial charge on any atom is -0.384 e. The molecule has 0 spiro atoms. The van der Waals surface area contributed by atoms with Crippen LogP contribution in [0.4, 0.5) is 11.4 Å². The predicted molar refractivity (Wildman–Crippen MR) is 101 cm³/mol. The number of fused-ring (bicyclic) bond motifs is 1. The molecule has 0 bridgehead atoms. The second-order valence-corrected chi connectivity index (χ2v) is 6.51. The predicted octanol–water partition coefficient (Wildman–Crippen LogP) is 2.12. The zero-order chi connectivity index (χ0) is 17.2. The van der Waals surface area contributed by atoms with E-state index in [1.54, 1.807) is 23.5 Å². The largest absolute Gasteiger partial charge is 0.384 e. The molecule has 1 aromatic heterocycles. The third-order valence-electron chi connectivity index (χ3n) is 4.04. The third kappa shape index (κ3) is 2.99. The van der Waals surface area contributed by atoms with Gasteiger partial charge in [-0.05, 0) is 47.8 Å². The molecule has 0 saturated carbocycles. The lowest BCUT2D eigenvalue weighted by Gasteiger charge is -2.24. The summed E-state index contributed by atoms with van der Waals surface area (Å²) in [6.07, 6.45) is 0. The van der Waals surface area contributed by atoms with Gasteiger partial charge in [-0.2, -0.15) is 0 Å². The lowest BCUT2D eigenvalue weighted by molar-refractivity contribution is 0.102. The van der Waals surface area contributed by atoms with Crippen molar-refractivity contribution in [2.45, 2.75) is 0 Å². The minimum absolute atomic E-state index is 0.129. The molecule has 1 aliphatic heterocycles. The fraction of sp³-hybridized carbons (Fsp3) is 0.0526. The molecule has 5 nitrogen and oxygen atoms in total. The van der Waals surface area contributed by atoms with Gasteiger partial charge in [-0.25, -0.2) is 0 Å². The molecule has 2 heterocycles. The van der Waals surface area contributed by atoms with Gasteiger partial charge in [0.2, 0.25) is 0 Å². The van der Waals surface area contributed by atoms with E-state index in [0.717, 1.165) is 21.3 Å². The van der Waals surface area contributed by atoms with Crippen molar-refractivity contribution in [3.63, 3.8) is 0 Å². The molecular formula is C19H16N4OS. The summed E-state index contributed by atoms with van der Waals surface area (Å²) in [5, 5.41) is 5.86. The number of hydrogen-bond acceptors (Lipinski definition) is 5. The molecular weight excluding hydrogens is 332 g/mol. The summed E-state index contributed by atoms with van der Waals surface area (Å²) in [5.41, 5.74) is 8.59. The Morgan fingerprint density at radius 3 is 2.60 bits per heavy atom. The van der Waals surface area contributed by atoms with Crippen LogP contribution in [0.25, 0.3) is 5.82 Å². The Hall–Kier alpha value is -3.12. The van der Waals surface area contributed by atoms with Gasteiger partial charge in [0.05, 0.1) is 5.22 Å². The van der Waals surface area contributed by atoms with E-state index in [4.69, 9.17) is 5.73 Å². The number of hydrogen-bond donors (Lipinski definition) is 2. The summed E-state index contributed by atoms with van der Waals surface area (Å²) in [5.74, 6) is 0.572. The fourth-order valence-electron chi connectivity index (χ4n) is 2.71. The van der Waals surface area contributed by atoms with Crippen molar-refractivity contribution in [3.8, 4) is 0 Å². The van der Waals surface area contributed by atoms with Crippen LogP contribution in [0.3, 0.4) is 0 Å². The highest BCUT2D eigenvalue weighted by Gasteiger charge is 2.14. The van der Waals surface area contributed by atoms with Gasteiger partial charge in [-0.1, -0.05) is 18.2 Å². The highest BCUT2D eigenvalue weighted by molar-refractivity contribution is 7.07. The van der Waals surface area contributed by atoms with E-state index in [-0.39, 0.29) is 5.91 Å².